The number of halogens is 1. The first-order valence-corrected chi connectivity index (χ1v) is 7.42. The van der Waals surface area contributed by atoms with Gasteiger partial charge in [-0.15, -0.1) is 0 Å². The third kappa shape index (κ3) is 3.22. The summed E-state index contributed by atoms with van der Waals surface area (Å²) in [5.41, 5.74) is 4.52. The van der Waals surface area contributed by atoms with Gasteiger partial charge in [-0.3, -0.25) is 4.68 Å². The number of aryl methyl sites for hydroxylation is 3. The van der Waals surface area contributed by atoms with E-state index >= 15 is 0 Å². The van der Waals surface area contributed by atoms with Gasteiger partial charge >= 0.3 is 0 Å². The highest BCUT2D eigenvalue weighted by Gasteiger charge is 2.13. The Morgan fingerprint density at radius 2 is 1.90 bits per heavy atom. The van der Waals surface area contributed by atoms with E-state index in [1.54, 1.807) is 0 Å². The van der Waals surface area contributed by atoms with E-state index < -0.39 is 0 Å². The fourth-order valence-electron chi connectivity index (χ4n) is 2.26. The van der Waals surface area contributed by atoms with Gasteiger partial charge in [0.15, 0.2) is 0 Å². The molecule has 0 unspecified atom stereocenters. The predicted molar refractivity (Wildman–Crippen MR) is 84.1 cm³/mol. The Labute approximate surface area is 126 Å². The summed E-state index contributed by atoms with van der Waals surface area (Å²) in [7, 11) is 0. The van der Waals surface area contributed by atoms with Gasteiger partial charge in [0.2, 0.25) is 0 Å². The minimum Gasteiger partial charge on any atom is -0.305 e. The highest BCUT2D eigenvalue weighted by molar-refractivity contribution is 6.31. The van der Waals surface area contributed by atoms with Crippen molar-refractivity contribution in [3.05, 3.63) is 51.8 Å². The predicted octanol–water partition coefficient (Wildman–Crippen LogP) is 4.02. The lowest BCUT2D eigenvalue weighted by Gasteiger charge is -2.15. The molecule has 1 aromatic carbocycles. The number of nitrogens with one attached hydrogen (secondary N) is 1. The lowest BCUT2D eigenvalue weighted by molar-refractivity contribution is 0.531. The van der Waals surface area contributed by atoms with Crippen LogP contribution in [0.15, 0.2) is 24.3 Å². The normalized spacial score (nSPS) is 12.7. The lowest BCUT2D eigenvalue weighted by Crippen LogP contribution is -2.20. The molecule has 0 amide bonds. The molecule has 0 saturated heterocycles. The maximum Gasteiger partial charge on any atom is 0.0860 e. The molecule has 2 rings (SSSR count). The molecule has 1 N–H and O–H groups in total. The number of aromatic nitrogens is 2. The molecule has 0 spiro atoms. The minimum atomic E-state index is 0.284. The van der Waals surface area contributed by atoms with Crippen molar-refractivity contribution in [1.82, 2.24) is 15.1 Å². The second-order valence-corrected chi connectivity index (χ2v) is 5.55. The zero-order valence-corrected chi connectivity index (χ0v) is 13.3. The molecule has 1 aromatic heterocycles. The van der Waals surface area contributed by atoms with E-state index in [1.807, 2.05) is 11.6 Å². The van der Waals surface area contributed by atoms with Crippen LogP contribution >= 0.6 is 11.6 Å². The zero-order valence-electron chi connectivity index (χ0n) is 12.6. The molecular weight excluding hydrogens is 270 g/mol. The summed E-state index contributed by atoms with van der Waals surface area (Å²) in [6.45, 7) is 9.85. The second-order valence-electron chi connectivity index (χ2n) is 5.18. The first-order valence-electron chi connectivity index (χ1n) is 7.04. The lowest BCUT2D eigenvalue weighted by atomic mass is 10.1. The van der Waals surface area contributed by atoms with Crippen molar-refractivity contribution in [2.75, 3.05) is 0 Å². The molecule has 0 saturated carbocycles. The maximum atomic E-state index is 6.32. The Bertz CT molecular complexity index is 572. The standard InChI is InChI=1S/C16H22ClN3/c1-5-20-15(16(17)13(4)19-20)10-18-12(3)14-8-6-11(2)7-9-14/h6-9,12,18H,5,10H2,1-4H3/t12-/m1/s1. The van der Waals surface area contributed by atoms with Gasteiger partial charge in [-0.05, 0) is 33.3 Å². The van der Waals surface area contributed by atoms with Gasteiger partial charge in [0, 0.05) is 19.1 Å². The van der Waals surface area contributed by atoms with Crippen molar-refractivity contribution in [3.8, 4) is 0 Å². The van der Waals surface area contributed by atoms with E-state index in [4.69, 9.17) is 11.6 Å². The van der Waals surface area contributed by atoms with Crippen LogP contribution in [0.3, 0.4) is 0 Å². The quantitative estimate of drug-likeness (QED) is 0.901. The van der Waals surface area contributed by atoms with E-state index in [0.29, 0.717) is 0 Å². The summed E-state index contributed by atoms with van der Waals surface area (Å²) >= 11 is 6.32. The molecule has 0 radical (unpaired) electrons. The van der Waals surface area contributed by atoms with E-state index in [1.165, 1.54) is 11.1 Å². The summed E-state index contributed by atoms with van der Waals surface area (Å²) in [6.07, 6.45) is 0. The number of benzene rings is 1. The first kappa shape index (κ1) is 15.1. The summed E-state index contributed by atoms with van der Waals surface area (Å²) in [4.78, 5) is 0. The molecule has 2 aromatic rings. The zero-order chi connectivity index (χ0) is 14.7. The highest BCUT2D eigenvalue weighted by atomic mass is 35.5. The van der Waals surface area contributed by atoms with Crippen LogP contribution < -0.4 is 5.32 Å². The van der Waals surface area contributed by atoms with Gasteiger partial charge in [-0.1, -0.05) is 41.4 Å². The van der Waals surface area contributed by atoms with Crippen LogP contribution in [0.25, 0.3) is 0 Å². The molecular formula is C16H22ClN3. The molecule has 0 aliphatic carbocycles. The SMILES string of the molecule is CCn1nc(C)c(Cl)c1CN[C@H](C)c1ccc(C)cc1. The van der Waals surface area contributed by atoms with Gasteiger partial charge in [0.25, 0.3) is 0 Å². The molecule has 3 nitrogen and oxygen atoms in total. The minimum absolute atomic E-state index is 0.284. The Morgan fingerprint density at radius 1 is 1.25 bits per heavy atom. The van der Waals surface area contributed by atoms with Crippen molar-refractivity contribution in [1.29, 1.82) is 0 Å². The Balaban J connectivity index is 2.07. The van der Waals surface area contributed by atoms with Gasteiger partial charge in [0.1, 0.15) is 0 Å². The van der Waals surface area contributed by atoms with Crippen molar-refractivity contribution in [3.63, 3.8) is 0 Å². The number of rotatable bonds is 5. The fourth-order valence-corrected chi connectivity index (χ4v) is 2.46. The van der Waals surface area contributed by atoms with Crippen molar-refractivity contribution < 1.29 is 0 Å². The van der Waals surface area contributed by atoms with Gasteiger partial charge in [-0.2, -0.15) is 5.10 Å². The molecule has 20 heavy (non-hydrogen) atoms. The van der Waals surface area contributed by atoms with E-state index in [2.05, 4.69) is 55.5 Å². The van der Waals surface area contributed by atoms with Gasteiger partial charge in [0.05, 0.1) is 16.4 Å². The van der Waals surface area contributed by atoms with E-state index in [9.17, 15) is 0 Å². The first-order chi connectivity index (χ1) is 9.52. The topological polar surface area (TPSA) is 29.9 Å². The number of nitrogens with zero attached hydrogens (tertiary/aromatic N) is 2. The van der Waals surface area contributed by atoms with Crippen LogP contribution in [-0.2, 0) is 13.1 Å². The third-order valence-electron chi connectivity index (χ3n) is 3.61. The molecule has 108 valence electrons. The van der Waals surface area contributed by atoms with Crippen LogP contribution in [0.4, 0.5) is 0 Å². The Kier molecular flexibility index (Phi) is 4.84. The van der Waals surface area contributed by atoms with Gasteiger partial charge < -0.3 is 5.32 Å². The monoisotopic (exact) mass is 291 g/mol. The molecule has 1 heterocycles. The Hall–Kier alpha value is -1.32. The number of hydrogen-bond donors (Lipinski definition) is 1. The molecule has 0 aliphatic rings. The summed E-state index contributed by atoms with van der Waals surface area (Å²) in [6, 6.07) is 8.89. The summed E-state index contributed by atoms with van der Waals surface area (Å²) in [5, 5.41) is 8.73. The van der Waals surface area contributed by atoms with Gasteiger partial charge in [-0.25, -0.2) is 0 Å². The summed E-state index contributed by atoms with van der Waals surface area (Å²) in [5.74, 6) is 0. The average Bonchev–Trinajstić information content (AvgIpc) is 2.72. The molecule has 1 atom stereocenters. The van der Waals surface area contributed by atoms with Crippen LogP contribution in [0.5, 0.6) is 0 Å². The molecule has 4 heteroatoms. The molecule has 0 bridgehead atoms. The van der Waals surface area contributed by atoms with Crippen molar-refractivity contribution in [2.45, 2.75) is 46.8 Å². The van der Waals surface area contributed by atoms with Crippen LogP contribution in [0.1, 0.15) is 42.4 Å². The smallest absolute Gasteiger partial charge is 0.0860 e. The van der Waals surface area contributed by atoms with E-state index in [-0.39, 0.29) is 6.04 Å². The van der Waals surface area contributed by atoms with Crippen LogP contribution in [0, 0.1) is 13.8 Å². The maximum absolute atomic E-state index is 6.32. The van der Waals surface area contributed by atoms with Crippen molar-refractivity contribution in [2.24, 2.45) is 0 Å². The highest BCUT2D eigenvalue weighted by Crippen LogP contribution is 2.21. The molecule has 0 aliphatic heterocycles. The van der Waals surface area contributed by atoms with Crippen LogP contribution in [0.2, 0.25) is 5.02 Å². The van der Waals surface area contributed by atoms with Crippen molar-refractivity contribution >= 4 is 11.6 Å². The molecule has 0 fully saturated rings. The fraction of sp³-hybridized carbons (Fsp3) is 0.438. The third-order valence-corrected chi connectivity index (χ3v) is 4.10. The average molecular weight is 292 g/mol. The Morgan fingerprint density at radius 3 is 2.50 bits per heavy atom. The number of hydrogen-bond acceptors (Lipinski definition) is 2. The second kappa shape index (κ2) is 6.42. The van der Waals surface area contributed by atoms with E-state index in [0.717, 1.165) is 29.5 Å². The summed E-state index contributed by atoms with van der Waals surface area (Å²) < 4.78 is 1.96. The largest absolute Gasteiger partial charge is 0.305 e. The van der Waals surface area contributed by atoms with Crippen LogP contribution in [-0.4, -0.2) is 9.78 Å².